The topological polar surface area (TPSA) is 0 Å². The minimum Gasteiger partial charge on any atom is -0.324 e. The van der Waals surface area contributed by atoms with Gasteiger partial charge in [-0.2, -0.15) is 0 Å². The third-order valence-electron chi connectivity index (χ3n) is 5.74. The Morgan fingerprint density at radius 2 is 0.864 bits per heavy atom. The molecule has 0 aliphatic carbocycles. The summed E-state index contributed by atoms with van der Waals surface area (Å²) in [4.78, 5) is 0. The fourth-order valence-corrected chi connectivity index (χ4v) is 4.20. The fraction of sp³-hybridized carbons (Fsp3) is 1.00. The maximum atomic E-state index is 2.32. The number of rotatable bonds is 15. The van der Waals surface area contributed by atoms with Crippen LogP contribution in [0.25, 0.3) is 0 Å². The molecule has 132 valence electrons. The highest BCUT2D eigenvalue weighted by molar-refractivity contribution is 4.57. The van der Waals surface area contributed by atoms with E-state index in [1.165, 1.54) is 127 Å². The Morgan fingerprint density at radius 1 is 0.500 bits per heavy atom. The standard InChI is InChI=1S/C21H44N/c1-3-5-7-9-10-11-13-15-19-22(20-16-17-21-22)18-14-12-8-6-4-2/h3-21H2,1-2H3/q+1. The lowest BCUT2D eigenvalue weighted by Gasteiger charge is -2.34. The first kappa shape index (κ1) is 20.0. The summed E-state index contributed by atoms with van der Waals surface area (Å²) in [6.07, 6.45) is 21.9. The van der Waals surface area contributed by atoms with Crippen molar-refractivity contribution in [2.75, 3.05) is 26.2 Å². The molecule has 0 radical (unpaired) electrons. The molecule has 0 bridgehead atoms. The van der Waals surface area contributed by atoms with Crippen molar-refractivity contribution >= 4 is 0 Å². The van der Waals surface area contributed by atoms with Gasteiger partial charge < -0.3 is 4.48 Å². The van der Waals surface area contributed by atoms with Crippen LogP contribution in [-0.2, 0) is 0 Å². The van der Waals surface area contributed by atoms with Crippen molar-refractivity contribution in [2.45, 2.75) is 110 Å². The lowest BCUT2D eigenvalue weighted by atomic mass is 10.1. The molecule has 1 aliphatic heterocycles. The smallest absolute Gasteiger partial charge is 0.0788 e. The third-order valence-corrected chi connectivity index (χ3v) is 5.74. The van der Waals surface area contributed by atoms with E-state index in [4.69, 9.17) is 0 Å². The number of hydrogen-bond donors (Lipinski definition) is 0. The van der Waals surface area contributed by atoms with E-state index < -0.39 is 0 Å². The molecule has 0 saturated carbocycles. The number of nitrogens with zero attached hydrogens (tertiary/aromatic N) is 1. The Bertz CT molecular complexity index is 230. The molecule has 0 aromatic heterocycles. The van der Waals surface area contributed by atoms with Gasteiger partial charge >= 0.3 is 0 Å². The first-order chi connectivity index (χ1) is 10.8. The Morgan fingerprint density at radius 3 is 1.27 bits per heavy atom. The van der Waals surface area contributed by atoms with Gasteiger partial charge in [-0.3, -0.25) is 0 Å². The van der Waals surface area contributed by atoms with Gasteiger partial charge in [0.05, 0.1) is 26.2 Å². The molecular formula is C21H44N+. The van der Waals surface area contributed by atoms with Crippen LogP contribution in [-0.4, -0.2) is 30.7 Å². The number of likely N-dealkylation sites (tertiary alicyclic amines) is 1. The molecule has 1 heteroatoms. The van der Waals surface area contributed by atoms with Crippen molar-refractivity contribution < 1.29 is 4.48 Å². The molecule has 22 heavy (non-hydrogen) atoms. The van der Waals surface area contributed by atoms with Crippen molar-refractivity contribution in [3.8, 4) is 0 Å². The molecule has 1 aliphatic rings. The predicted octanol–water partition coefficient (Wildman–Crippen LogP) is 6.71. The summed E-state index contributed by atoms with van der Waals surface area (Å²) >= 11 is 0. The quantitative estimate of drug-likeness (QED) is 0.233. The van der Waals surface area contributed by atoms with Crippen molar-refractivity contribution in [1.29, 1.82) is 0 Å². The van der Waals surface area contributed by atoms with E-state index in [1.54, 1.807) is 0 Å². The Hall–Kier alpha value is -0.0400. The van der Waals surface area contributed by atoms with E-state index in [-0.39, 0.29) is 0 Å². The molecule has 0 amide bonds. The molecule has 0 atom stereocenters. The Balaban J connectivity index is 2.05. The van der Waals surface area contributed by atoms with Gasteiger partial charge in [0, 0.05) is 12.8 Å². The average molecular weight is 311 g/mol. The maximum absolute atomic E-state index is 2.32. The molecule has 0 aromatic carbocycles. The van der Waals surface area contributed by atoms with Gasteiger partial charge in [0.15, 0.2) is 0 Å². The van der Waals surface area contributed by atoms with Crippen molar-refractivity contribution in [3.05, 3.63) is 0 Å². The summed E-state index contributed by atoms with van der Waals surface area (Å²) in [6.45, 7) is 10.6. The van der Waals surface area contributed by atoms with Crippen molar-refractivity contribution in [2.24, 2.45) is 0 Å². The molecule has 1 nitrogen and oxygen atoms in total. The number of quaternary nitrogens is 1. The van der Waals surface area contributed by atoms with Gasteiger partial charge in [-0.15, -0.1) is 0 Å². The predicted molar refractivity (Wildman–Crippen MR) is 100 cm³/mol. The summed E-state index contributed by atoms with van der Waals surface area (Å²) in [6, 6.07) is 0. The Kier molecular flexibility index (Phi) is 12.2. The van der Waals surface area contributed by atoms with Crippen LogP contribution in [0.2, 0.25) is 0 Å². The van der Waals surface area contributed by atoms with Crippen LogP contribution < -0.4 is 0 Å². The molecule has 1 heterocycles. The second kappa shape index (κ2) is 13.4. The molecular weight excluding hydrogens is 266 g/mol. The van der Waals surface area contributed by atoms with Gasteiger partial charge in [0.25, 0.3) is 0 Å². The maximum Gasteiger partial charge on any atom is 0.0788 e. The zero-order chi connectivity index (χ0) is 15.9. The highest BCUT2D eigenvalue weighted by atomic mass is 15.4. The summed E-state index contributed by atoms with van der Waals surface area (Å²) in [5.41, 5.74) is 0. The molecule has 0 spiro atoms. The molecule has 0 unspecified atom stereocenters. The third kappa shape index (κ3) is 9.18. The second-order valence-corrected chi connectivity index (χ2v) is 7.83. The largest absolute Gasteiger partial charge is 0.324 e. The number of hydrogen-bond acceptors (Lipinski definition) is 0. The van der Waals surface area contributed by atoms with Crippen LogP contribution in [0.1, 0.15) is 110 Å². The van der Waals surface area contributed by atoms with Crippen molar-refractivity contribution in [3.63, 3.8) is 0 Å². The van der Waals surface area contributed by atoms with E-state index in [0.717, 1.165) is 0 Å². The fourth-order valence-electron chi connectivity index (χ4n) is 4.20. The van der Waals surface area contributed by atoms with Gasteiger partial charge in [0.1, 0.15) is 0 Å². The Labute approximate surface area is 141 Å². The summed E-state index contributed by atoms with van der Waals surface area (Å²) in [7, 11) is 0. The van der Waals surface area contributed by atoms with Crippen molar-refractivity contribution in [1.82, 2.24) is 0 Å². The van der Waals surface area contributed by atoms with Crippen LogP contribution in [0.15, 0.2) is 0 Å². The van der Waals surface area contributed by atoms with Crippen LogP contribution in [0.4, 0.5) is 0 Å². The zero-order valence-corrected chi connectivity index (χ0v) is 15.9. The van der Waals surface area contributed by atoms with E-state index in [9.17, 15) is 0 Å². The molecule has 0 N–H and O–H groups in total. The number of unbranched alkanes of at least 4 members (excludes halogenated alkanes) is 11. The minimum atomic E-state index is 1.37. The molecule has 1 fully saturated rings. The van der Waals surface area contributed by atoms with Crippen LogP contribution in [0.3, 0.4) is 0 Å². The highest BCUT2D eigenvalue weighted by Crippen LogP contribution is 2.23. The monoisotopic (exact) mass is 310 g/mol. The van der Waals surface area contributed by atoms with Gasteiger partial charge in [-0.05, 0) is 25.7 Å². The molecule has 1 saturated heterocycles. The first-order valence-corrected chi connectivity index (χ1v) is 10.7. The lowest BCUT2D eigenvalue weighted by molar-refractivity contribution is -0.917. The average Bonchev–Trinajstić information content (AvgIpc) is 2.99. The zero-order valence-electron chi connectivity index (χ0n) is 15.9. The first-order valence-electron chi connectivity index (χ1n) is 10.7. The lowest BCUT2D eigenvalue weighted by Crippen LogP contribution is -2.46. The second-order valence-electron chi connectivity index (χ2n) is 7.83. The summed E-state index contributed by atoms with van der Waals surface area (Å²) in [5.74, 6) is 0. The molecule has 0 aromatic rings. The summed E-state index contributed by atoms with van der Waals surface area (Å²) < 4.78 is 1.49. The summed E-state index contributed by atoms with van der Waals surface area (Å²) in [5, 5.41) is 0. The van der Waals surface area contributed by atoms with Gasteiger partial charge in [-0.25, -0.2) is 0 Å². The van der Waals surface area contributed by atoms with Gasteiger partial charge in [0.2, 0.25) is 0 Å². The van der Waals surface area contributed by atoms with E-state index in [2.05, 4.69) is 13.8 Å². The van der Waals surface area contributed by atoms with E-state index in [0.29, 0.717) is 0 Å². The normalized spacial score (nSPS) is 17.2. The molecule has 1 rings (SSSR count). The highest BCUT2D eigenvalue weighted by Gasteiger charge is 2.30. The minimum absolute atomic E-state index is 1.37. The van der Waals surface area contributed by atoms with Crippen LogP contribution >= 0.6 is 0 Å². The van der Waals surface area contributed by atoms with Crippen LogP contribution in [0.5, 0.6) is 0 Å². The van der Waals surface area contributed by atoms with Crippen LogP contribution in [0, 0.1) is 0 Å². The van der Waals surface area contributed by atoms with E-state index in [1.807, 2.05) is 0 Å². The SMILES string of the molecule is CCCCCCCCCC[N+]1(CCCCCCC)CCCC1. The van der Waals surface area contributed by atoms with E-state index >= 15 is 0 Å². The van der Waals surface area contributed by atoms with Gasteiger partial charge in [-0.1, -0.05) is 71.6 Å².